The Bertz CT molecular complexity index is 561. The number of unbranched alkanes of at least 4 members (excludes halogenated alkanes) is 4. The van der Waals surface area contributed by atoms with E-state index in [9.17, 15) is 14.5 Å². The second-order valence-corrected chi connectivity index (χ2v) is 6.18. The number of esters is 1. The molecular formula is C20H31NO6. The summed E-state index contributed by atoms with van der Waals surface area (Å²) in [6, 6.07) is 6.03. The van der Waals surface area contributed by atoms with Crippen LogP contribution in [0.3, 0.4) is 0 Å². The maximum Gasteiger partial charge on any atom is 0.339 e. The van der Waals surface area contributed by atoms with E-state index in [0.717, 1.165) is 25.7 Å². The highest BCUT2D eigenvalue weighted by molar-refractivity contribution is 6.02. The molecule has 1 N–H and O–H groups in total. The van der Waals surface area contributed by atoms with Crippen molar-refractivity contribution in [3.63, 3.8) is 0 Å². The lowest BCUT2D eigenvalue weighted by Gasteiger charge is -2.06. The Kier molecular flexibility index (Phi) is 14.4. The standard InChI is InChI=1S/C12H14O4.C8H17NO2/c1-2-3-8-16-12(15)10-7-5-4-6-9(10)11(13)14;1-3-4-5-6-7-8(2)11-9-10/h4-7H,2-3,8H2,1H3,(H,13,14);8H,3-7H2,1-2H3. The van der Waals surface area contributed by atoms with Crippen molar-refractivity contribution < 1.29 is 24.3 Å². The first-order valence-electron chi connectivity index (χ1n) is 9.45. The summed E-state index contributed by atoms with van der Waals surface area (Å²) in [5.41, 5.74) is 0.0788. The third-order valence-electron chi connectivity index (χ3n) is 3.80. The highest BCUT2D eigenvalue weighted by Gasteiger charge is 2.16. The van der Waals surface area contributed by atoms with E-state index in [-0.39, 0.29) is 17.2 Å². The van der Waals surface area contributed by atoms with E-state index in [1.807, 2.05) is 13.8 Å². The summed E-state index contributed by atoms with van der Waals surface area (Å²) in [6.45, 7) is 6.35. The lowest BCUT2D eigenvalue weighted by atomic mass is 10.1. The molecule has 0 heterocycles. The predicted molar refractivity (Wildman–Crippen MR) is 104 cm³/mol. The summed E-state index contributed by atoms with van der Waals surface area (Å²) < 4.78 is 4.96. The van der Waals surface area contributed by atoms with Crippen molar-refractivity contribution in [2.75, 3.05) is 6.61 Å². The Hall–Kier alpha value is -2.44. The van der Waals surface area contributed by atoms with Crippen LogP contribution in [0.15, 0.2) is 29.6 Å². The lowest BCUT2D eigenvalue weighted by Crippen LogP contribution is -2.12. The number of carboxylic acid groups (broad SMARTS) is 1. The minimum atomic E-state index is -1.12. The number of nitrogens with zero attached hydrogens (tertiary/aromatic N) is 1. The summed E-state index contributed by atoms with van der Waals surface area (Å²) in [6.07, 6.45) is 7.49. The van der Waals surface area contributed by atoms with Crippen molar-refractivity contribution in [1.29, 1.82) is 0 Å². The van der Waals surface area contributed by atoms with Crippen molar-refractivity contribution in [3.05, 3.63) is 40.3 Å². The molecule has 0 aliphatic heterocycles. The fourth-order valence-electron chi connectivity index (χ4n) is 2.22. The van der Waals surface area contributed by atoms with E-state index in [1.165, 1.54) is 31.4 Å². The van der Waals surface area contributed by atoms with Gasteiger partial charge >= 0.3 is 11.9 Å². The molecule has 0 spiro atoms. The first-order valence-corrected chi connectivity index (χ1v) is 9.45. The van der Waals surface area contributed by atoms with Gasteiger partial charge in [-0.25, -0.2) is 9.59 Å². The molecule has 1 unspecified atom stereocenters. The summed E-state index contributed by atoms with van der Waals surface area (Å²) >= 11 is 0. The Morgan fingerprint density at radius 2 is 1.67 bits per heavy atom. The molecule has 0 aliphatic rings. The van der Waals surface area contributed by atoms with Crippen LogP contribution in [0.5, 0.6) is 0 Å². The number of benzene rings is 1. The molecule has 0 bridgehead atoms. The summed E-state index contributed by atoms with van der Waals surface area (Å²) in [7, 11) is 0. The summed E-state index contributed by atoms with van der Waals surface area (Å²) in [5.74, 6) is -1.70. The lowest BCUT2D eigenvalue weighted by molar-refractivity contribution is 0.0489. The van der Waals surface area contributed by atoms with Gasteiger partial charge in [-0.15, -0.1) is 4.91 Å². The number of hydrogen-bond acceptors (Lipinski definition) is 6. The molecule has 0 fully saturated rings. The molecule has 0 saturated heterocycles. The molecule has 1 aromatic rings. The zero-order chi connectivity index (χ0) is 20.5. The maximum atomic E-state index is 11.6. The van der Waals surface area contributed by atoms with E-state index in [4.69, 9.17) is 9.84 Å². The highest BCUT2D eigenvalue weighted by Crippen LogP contribution is 2.10. The van der Waals surface area contributed by atoms with Crippen molar-refractivity contribution in [1.82, 2.24) is 0 Å². The third-order valence-corrected chi connectivity index (χ3v) is 3.80. The molecule has 1 rings (SSSR count). The SMILES string of the molecule is CCCCCCC(C)ON=O.CCCCOC(=O)c1ccccc1C(=O)O. The van der Waals surface area contributed by atoms with Crippen LogP contribution in [0, 0.1) is 4.91 Å². The molecular weight excluding hydrogens is 350 g/mol. The summed E-state index contributed by atoms with van der Waals surface area (Å²) in [5, 5.41) is 11.3. The van der Waals surface area contributed by atoms with Gasteiger partial charge in [0, 0.05) is 0 Å². The molecule has 0 aromatic heterocycles. The zero-order valence-electron chi connectivity index (χ0n) is 16.5. The van der Waals surface area contributed by atoms with E-state index in [1.54, 1.807) is 12.1 Å². The molecule has 0 radical (unpaired) electrons. The minimum Gasteiger partial charge on any atom is -0.478 e. The number of hydrogen-bond donors (Lipinski definition) is 1. The Morgan fingerprint density at radius 3 is 2.22 bits per heavy atom. The quantitative estimate of drug-likeness (QED) is 0.225. The second-order valence-electron chi connectivity index (χ2n) is 6.18. The number of aromatic carboxylic acids is 1. The van der Waals surface area contributed by atoms with Crippen LogP contribution in [-0.2, 0) is 9.57 Å². The first kappa shape index (κ1) is 24.6. The van der Waals surface area contributed by atoms with Gasteiger partial charge in [0.1, 0.15) is 6.10 Å². The molecule has 7 nitrogen and oxygen atoms in total. The topological polar surface area (TPSA) is 102 Å². The molecule has 1 atom stereocenters. The smallest absolute Gasteiger partial charge is 0.339 e. The van der Waals surface area contributed by atoms with Gasteiger partial charge in [-0.2, -0.15) is 0 Å². The third kappa shape index (κ3) is 11.7. The van der Waals surface area contributed by atoms with Crippen molar-refractivity contribution in [2.45, 2.75) is 71.8 Å². The number of carboxylic acids is 1. The Labute approximate surface area is 161 Å². The first-order chi connectivity index (χ1) is 13.0. The molecule has 1 aromatic carbocycles. The normalized spacial score (nSPS) is 10.9. The van der Waals surface area contributed by atoms with Gasteiger partial charge in [-0.3, -0.25) is 0 Å². The predicted octanol–water partition coefficient (Wildman–Crippen LogP) is 5.39. The largest absolute Gasteiger partial charge is 0.478 e. The molecule has 27 heavy (non-hydrogen) atoms. The Morgan fingerprint density at radius 1 is 1.04 bits per heavy atom. The summed E-state index contributed by atoms with van der Waals surface area (Å²) in [4.78, 5) is 36.5. The van der Waals surface area contributed by atoms with E-state index < -0.39 is 11.9 Å². The van der Waals surface area contributed by atoms with Gasteiger partial charge in [-0.05, 0) is 38.3 Å². The van der Waals surface area contributed by atoms with E-state index in [0.29, 0.717) is 6.61 Å². The van der Waals surface area contributed by atoms with Gasteiger partial charge in [0.25, 0.3) is 0 Å². The maximum absolute atomic E-state index is 11.6. The molecule has 7 heteroatoms. The van der Waals surface area contributed by atoms with Crippen molar-refractivity contribution >= 4 is 11.9 Å². The molecule has 152 valence electrons. The Balaban J connectivity index is 0.000000541. The molecule has 0 saturated carbocycles. The van der Waals surface area contributed by atoms with Crippen LogP contribution in [0.2, 0.25) is 0 Å². The van der Waals surface area contributed by atoms with Crippen LogP contribution < -0.4 is 0 Å². The van der Waals surface area contributed by atoms with Gasteiger partial charge < -0.3 is 14.7 Å². The van der Waals surface area contributed by atoms with E-state index in [2.05, 4.69) is 17.1 Å². The van der Waals surface area contributed by atoms with Crippen LogP contribution in [-0.4, -0.2) is 29.8 Å². The average molecular weight is 381 g/mol. The monoisotopic (exact) mass is 381 g/mol. The zero-order valence-corrected chi connectivity index (χ0v) is 16.5. The van der Waals surface area contributed by atoms with Crippen molar-refractivity contribution in [3.8, 4) is 0 Å². The van der Waals surface area contributed by atoms with Gasteiger partial charge in [0.2, 0.25) is 0 Å². The van der Waals surface area contributed by atoms with Crippen LogP contribution in [0.25, 0.3) is 0 Å². The fraction of sp³-hybridized carbons (Fsp3) is 0.600. The minimum absolute atomic E-state index is 0.00986. The van der Waals surface area contributed by atoms with Gasteiger partial charge in [-0.1, -0.05) is 51.7 Å². The molecule has 0 amide bonds. The molecule has 0 aliphatic carbocycles. The van der Waals surface area contributed by atoms with Crippen LogP contribution >= 0.6 is 0 Å². The second kappa shape index (κ2) is 15.8. The highest BCUT2D eigenvalue weighted by atomic mass is 16.7. The van der Waals surface area contributed by atoms with E-state index >= 15 is 0 Å². The fourth-order valence-corrected chi connectivity index (χ4v) is 2.22. The van der Waals surface area contributed by atoms with Crippen molar-refractivity contribution in [2.24, 2.45) is 5.34 Å². The van der Waals surface area contributed by atoms with Gasteiger partial charge in [0.15, 0.2) is 5.34 Å². The number of ether oxygens (including phenoxy) is 1. The average Bonchev–Trinajstić information content (AvgIpc) is 2.66. The van der Waals surface area contributed by atoms with Crippen LogP contribution in [0.4, 0.5) is 0 Å². The number of carbonyl (C=O) groups is 2. The van der Waals surface area contributed by atoms with Crippen LogP contribution in [0.1, 0.15) is 86.4 Å². The number of carbonyl (C=O) groups excluding carboxylic acids is 1. The van der Waals surface area contributed by atoms with Gasteiger partial charge in [0.05, 0.1) is 17.7 Å². The number of rotatable bonds is 12.